The average molecular weight is 1550 g/mol. The quantitative estimate of drug-likeness (QED) is 0.0106. The van der Waals surface area contributed by atoms with Crippen LogP contribution in [-0.2, 0) is 62.4 Å². The van der Waals surface area contributed by atoms with Gasteiger partial charge in [0.1, 0.15) is 43.9 Å². The number of anilines is 1. The average Bonchev–Trinajstić information content (AvgIpc) is 1.56. The molecule has 9 atom stereocenters. The van der Waals surface area contributed by atoms with Crippen LogP contribution in [0.3, 0.4) is 0 Å². The summed E-state index contributed by atoms with van der Waals surface area (Å²) in [7, 11) is 0.380. The molecule has 34 heteroatoms. The van der Waals surface area contributed by atoms with Gasteiger partial charge in [0.2, 0.25) is 0 Å². The van der Waals surface area contributed by atoms with Crippen LogP contribution in [0, 0.1) is 16.2 Å². The van der Waals surface area contributed by atoms with E-state index in [2.05, 4.69) is 105 Å². The fourth-order valence-corrected chi connectivity index (χ4v) is 11.6. The monoisotopic (exact) mass is 1550 g/mol. The second kappa shape index (κ2) is 45.0. The molecular weight excluding hydrogens is 1440 g/mol. The standard InChI is InChI=1S/C22H28BrN5O4.C14H22N4O4.C12H18N4O4.C9H11BrN2O.C3H9P.C2H6O.4CH4.Li.H2O/c1-5-8-31-12-14-6-7-19(23)26-15(14)9-17(29)16-10-22(13-25-27-24)11-18(22)28(16)20(30)32-21(2,3)4;1-5-21-11(19)9-6-14(8-16-17-15)7-10(14)18(9)12(20)22-13(2,3)4;1-11(2,3)20-10(19)16-7(9(17)18)4-12(5-8(12)16)6-14-15-13;1-2-5-13-6-7-3-4-8(10)12-9(7)11;1-4(2)3;1-2-3;;;;;;/h5-7,16,18H,1,8-13H2,2-4H3;9-10H,5-8H2,1-4H3;7-8H,4-6H2,1-3H3,(H,17,18);2-4H,1,5-6H2,(H2,11,12);1-3H3;3H,2H2,1H3;4*1H4;;1H2/q;;;;;;;;;;+1;/p-1/t16-,18+,22-;9-,10+,14-;7-,8+,12-;;;;;;;;;/m000........./s1. The largest absolute Gasteiger partial charge is 1.00 e. The molecule has 8 rings (SSSR count). The number of aliphatic hydroxyl groups is 1. The Balaban J connectivity index is -0.000000604. The van der Waals surface area contributed by atoms with Gasteiger partial charge in [-0.2, -0.15) is 0 Å². The van der Waals surface area contributed by atoms with Gasteiger partial charge in [0.25, 0.3) is 0 Å². The van der Waals surface area contributed by atoms with E-state index in [0.717, 1.165) is 22.2 Å². The number of nitrogens with zero attached hydrogens (tertiary/aromatic N) is 14. The van der Waals surface area contributed by atoms with Crippen LogP contribution in [0.25, 0.3) is 31.3 Å². The van der Waals surface area contributed by atoms with Crippen molar-refractivity contribution >= 4 is 81.6 Å². The number of carbonyl (C=O) groups excluding carboxylic acids is 5. The van der Waals surface area contributed by atoms with Crippen molar-refractivity contribution < 1.29 is 91.7 Å². The van der Waals surface area contributed by atoms with Crippen molar-refractivity contribution in [3.05, 3.63) is 107 Å². The number of carbonyl (C=O) groups is 6. The molecule has 30 nitrogen and oxygen atoms in total. The number of rotatable bonds is 20. The van der Waals surface area contributed by atoms with E-state index < -0.39 is 65.1 Å². The van der Waals surface area contributed by atoms with E-state index in [0.29, 0.717) is 82.6 Å². The molecular formula is C66H111Br2LiN15O15P. The first kappa shape index (κ1) is 100. The van der Waals surface area contributed by atoms with E-state index in [4.69, 9.17) is 55.9 Å². The van der Waals surface area contributed by atoms with Gasteiger partial charge in [-0.3, -0.25) is 19.5 Å². The Morgan fingerprint density at radius 3 is 1.31 bits per heavy atom. The first-order valence-corrected chi connectivity index (χ1v) is 34.8. The Morgan fingerprint density at radius 1 is 0.640 bits per heavy atom. The number of carboxylic acids is 1. The Morgan fingerprint density at radius 2 is 0.970 bits per heavy atom. The molecule has 0 spiro atoms. The molecule has 100 heavy (non-hydrogen) atoms. The van der Waals surface area contributed by atoms with Crippen LogP contribution in [0.1, 0.15) is 161 Å². The van der Waals surface area contributed by atoms with Crippen molar-refractivity contribution in [3.8, 4) is 0 Å². The van der Waals surface area contributed by atoms with Crippen LogP contribution in [0.4, 0.5) is 20.2 Å². The van der Waals surface area contributed by atoms with E-state index in [-0.39, 0.29) is 133 Å². The second-order valence-electron chi connectivity index (χ2n) is 26.7. The zero-order valence-electron chi connectivity index (χ0n) is 57.9. The summed E-state index contributed by atoms with van der Waals surface area (Å²) < 4.78 is 33.4. The summed E-state index contributed by atoms with van der Waals surface area (Å²) in [5, 5.41) is 27.7. The van der Waals surface area contributed by atoms with E-state index in [1.54, 1.807) is 99.3 Å². The van der Waals surface area contributed by atoms with Gasteiger partial charge >= 0.3 is 49.1 Å². The van der Waals surface area contributed by atoms with E-state index >= 15 is 0 Å². The van der Waals surface area contributed by atoms with Gasteiger partial charge in [-0.15, -0.1) is 21.1 Å². The number of fused-ring (bicyclic) bond motifs is 3. The maximum absolute atomic E-state index is 13.4. The topological polar surface area (TPSA) is 436 Å². The Bertz CT molecular complexity index is 3140. The molecule has 3 saturated carbocycles. The number of aromatic nitrogens is 2. The van der Waals surface area contributed by atoms with Gasteiger partial charge in [0.15, 0.2) is 5.78 Å². The normalized spacial score (nSPS) is 22.2. The molecule has 2 aromatic heterocycles. The van der Waals surface area contributed by atoms with Crippen LogP contribution >= 0.6 is 39.8 Å². The number of likely N-dealkylation sites (tertiary alicyclic amines) is 3. The summed E-state index contributed by atoms with van der Waals surface area (Å²) in [5.41, 5.74) is 30.6. The molecule has 0 aromatic carbocycles. The SMILES string of the molecule is C.C.C.C.C=CCOCc1ccc(Br)nc1CC(=O)[C@@H]1C[C@@]2(CN=[N+]=[N-])C[C@H]2N1C(=O)OC(C)(C)C.C=CCOCc1ccc(Br)nc1N.CC(C)(C)OC(=O)N1[C@H](C(=O)O)C[C@@]2(CN=[N+]=[N-])C[C@@H]12.CCO.CCOC(=O)[C@@H]1C[C@@]2(CN=[N+]=[N-])C[C@H]2N1C(=O)OC(C)(C)C.CP(C)C.[Li+].[OH-]. The third kappa shape index (κ3) is 30.8. The Kier molecular flexibility index (Phi) is 45.0. The summed E-state index contributed by atoms with van der Waals surface area (Å²) in [6, 6.07) is 4.67. The molecule has 0 radical (unpaired) electrons. The number of ketones is 1. The molecule has 0 bridgehead atoms. The first-order chi connectivity index (χ1) is 43.9. The molecule has 6 aliphatic rings. The van der Waals surface area contributed by atoms with Gasteiger partial charge in [0, 0.05) is 80.9 Å². The van der Waals surface area contributed by atoms with E-state index in [1.807, 2.05) is 18.2 Å². The maximum Gasteiger partial charge on any atom is 1.00 e. The summed E-state index contributed by atoms with van der Waals surface area (Å²) in [6.45, 7) is 36.1. The third-order valence-electron chi connectivity index (χ3n) is 15.0. The van der Waals surface area contributed by atoms with Crippen molar-refractivity contribution in [2.45, 2.75) is 217 Å². The number of carboxylic acid groups (broad SMARTS) is 1. The smallest absolute Gasteiger partial charge is 0.870 e. The fraction of sp³-hybridized carbons (Fsp3) is 0.697. The van der Waals surface area contributed by atoms with Crippen LogP contribution in [0.15, 0.2) is 74.1 Å². The summed E-state index contributed by atoms with van der Waals surface area (Å²) in [4.78, 5) is 95.6. The minimum Gasteiger partial charge on any atom is -0.870 e. The molecule has 3 saturated heterocycles. The van der Waals surface area contributed by atoms with Crippen molar-refractivity contribution in [2.75, 3.05) is 71.8 Å². The zero-order chi connectivity index (χ0) is 71.2. The predicted octanol–water partition coefficient (Wildman–Crippen LogP) is 12.4. The van der Waals surface area contributed by atoms with Crippen LogP contribution in [-0.4, -0.2) is 195 Å². The van der Waals surface area contributed by atoms with Crippen molar-refractivity contribution in [1.29, 1.82) is 0 Å². The number of nitrogens with two attached hydrogens (primary N) is 1. The number of hydrogen-bond acceptors (Lipinski definition) is 20. The number of piperidine rings is 3. The summed E-state index contributed by atoms with van der Waals surface area (Å²) in [6.07, 6.45) is 5.06. The minimum atomic E-state index is -1.05. The molecule has 6 fully saturated rings. The fourth-order valence-electron chi connectivity index (χ4n) is 10.9. The molecule has 3 amide bonds. The van der Waals surface area contributed by atoms with Crippen LogP contribution < -0.4 is 24.6 Å². The number of pyridine rings is 2. The predicted molar refractivity (Wildman–Crippen MR) is 391 cm³/mol. The second-order valence-corrected chi connectivity index (χ2v) is 31.0. The number of aliphatic hydroxyl groups excluding tert-OH is 1. The van der Waals surface area contributed by atoms with Gasteiger partial charge in [0.05, 0.1) is 51.2 Å². The molecule has 5 N–H and O–H groups in total. The number of aliphatic carboxylic acids is 1. The number of nitrogen functional groups attached to an aromatic ring is 1. The minimum absolute atomic E-state index is 0. The van der Waals surface area contributed by atoms with Gasteiger partial charge in [-0.1, -0.05) is 69.3 Å². The van der Waals surface area contributed by atoms with E-state index in [1.165, 1.54) is 9.80 Å². The molecule has 2 aromatic rings. The number of hydrogen-bond donors (Lipinski definition) is 3. The first-order valence-electron chi connectivity index (χ1n) is 30.6. The molecule has 0 unspecified atom stereocenters. The van der Waals surface area contributed by atoms with Crippen molar-refractivity contribution in [3.63, 3.8) is 0 Å². The number of ether oxygens (including phenoxy) is 6. The van der Waals surface area contributed by atoms with E-state index in [9.17, 15) is 33.9 Å². The Hall–Kier alpha value is -6.24. The Labute approximate surface area is 621 Å². The van der Waals surface area contributed by atoms with Crippen molar-refractivity contribution in [2.24, 2.45) is 31.6 Å². The van der Waals surface area contributed by atoms with Gasteiger partial charge in [-0.05, 0) is 201 Å². The summed E-state index contributed by atoms with van der Waals surface area (Å²) >= 11 is 6.59. The zero-order valence-corrected chi connectivity index (χ0v) is 62.0. The van der Waals surface area contributed by atoms with Crippen molar-refractivity contribution in [1.82, 2.24) is 24.7 Å². The van der Waals surface area contributed by atoms with Crippen LogP contribution in [0.2, 0.25) is 0 Å². The maximum atomic E-state index is 13.4. The molecule has 3 aliphatic heterocycles. The number of amides is 3. The molecule has 560 valence electrons. The van der Waals surface area contributed by atoms with Crippen LogP contribution in [0.5, 0.6) is 0 Å². The number of halogens is 2. The molecule has 5 heterocycles. The number of esters is 1. The number of azide groups is 3. The third-order valence-corrected chi connectivity index (χ3v) is 15.9. The summed E-state index contributed by atoms with van der Waals surface area (Å²) in [5.74, 6) is -1.11. The van der Waals surface area contributed by atoms with Gasteiger partial charge < -0.3 is 49.8 Å². The van der Waals surface area contributed by atoms with Gasteiger partial charge in [-0.25, -0.2) is 33.9 Å². The number of Topliss-reactive ketones (excluding diaryl/α,β-unsaturated/α-hetero) is 1. The molecule has 3 aliphatic carbocycles.